The van der Waals surface area contributed by atoms with Crippen LogP contribution in [0.4, 0.5) is 5.69 Å². The molecule has 0 atom stereocenters. The highest BCUT2D eigenvalue weighted by Crippen LogP contribution is 2.23. The maximum atomic E-state index is 5.37. The highest BCUT2D eigenvalue weighted by atomic mass is 16.5. The van der Waals surface area contributed by atoms with Crippen LogP contribution in [0.3, 0.4) is 0 Å². The summed E-state index contributed by atoms with van der Waals surface area (Å²) in [7, 11) is 1.68. The van der Waals surface area contributed by atoms with Crippen molar-refractivity contribution in [3.05, 3.63) is 84.7 Å². The molecule has 0 aliphatic rings. The standard InChI is InChI=1S/C22H19N4O/c1-27-21-10-3-2-6-17(21)8-5-13-23-19-9-4-7-18(16-19)20-11-14-24-22-12-15-25-26(20)22/h2-11,14-16,23H,13H2,1H3/b8-5+. The van der Waals surface area contributed by atoms with Gasteiger partial charge in [-0.1, -0.05) is 42.5 Å². The lowest BCUT2D eigenvalue weighted by molar-refractivity contribution is 0.414. The molecule has 0 saturated heterocycles. The summed E-state index contributed by atoms with van der Waals surface area (Å²) in [5, 5.41) is 7.73. The van der Waals surface area contributed by atoms with Crippen molar-refractivity contribution in [1.29, 1.82) is 0 Å². The van der Waals surface area contributed by atoms with Gasteiger partial charge in [-0.3, -0.25) is 0 Å². The van der Waals surface area contributed by atoms with Crippen LogP contribution >= 0.6 is 0 Å². The second-order valence-electron chi connectivity index (χ2n) is 5.96. The zero-order valence-corrected chi connectivity index (χ0v) is 15.0. The van der Waals surface area contributed by atoms with Crippen LogP contribution in [-0.4, -0.2) is 28.3 Å². The maximum Gasteiger partial charge on any atom is 0.163 e. The molecule has 0 fully saturated rings. The Hall–Kier alpha value is -3.60. The number of anilines is 1. The summed E-state index contributed by atoms with van der Waals surface area (Å²) in [6, 6.07) is 21.2. The molecule has 2 aromatic heterocycles. The Morgan fingerprint density at radius 1 is 1.15 bits per heavy atom. The van der Waals surface area contributed by atoms with Crippen molar-refractivity contribution >= 4 is 17.4 Å². The van der Waals surface area contributed by atoms with Crippen LogP contribution in [0.15, 0.2) is 73.1 Å². The van der Waals surface area contributed by atoms with E-state index in [0.29, 0.717) is 12.2 Å². The van der Waals surface area contributed by atoms with Crippen LogP contribution in [0, 0.1) is 6.07 Å². The van der Waals surface area contributed by atoms with Crippen LogP contribution in [0.1, 0.15) is 5.56 Å². The van der Waals surface area contributed by atoms with Gasteiger partial charge in [0, 0.05) is 29.6 Å². The van der Waals surface area contributed by atoms with Gasteiger partial charge < -0.3 is 10.1 Å². The molecule has 2 heterocycles. The maximum absolute atomic E-state index is 5.37. The van der Waals surface area contributed by atoms with Crippen LogP contribution in [0.2, 0.25) is 0 Å². The number of hydrogen-bond acceptors (Lipinski definition) is 4. The van der Waals surface area contributed by atoms with Gasteiger partial charge in [-0.15, -0.1) is 0 Å². The van der Waals surface area contributed by atoms with Crippen LogP contribution in [0.25, 0.3) is 23.0 Å². The number of nitrogens with zero attached hydrogens (tertiary/aromatic N) is 3. The molecule has 0 bridgehead atoms. The Kier molecular flexibility index (Phi) is 4.83. The van der Waals surface area contributed by atoms with Crippen LogP contribution in [0.5, 0.6) is 5.75 Å². The first-order valence-electron chi connectivity index (χ1n) is 8.69. The third-order valence-electron chi connectivity index (χ3n) is 4.24. The van der Waals surface area contributed by atoms with E-state index in [9.17, 15) is 0 Å². The number of benzene rings is 2. The first kappa shape index (κ1) is 16.8. The van der Waals surface area contributed by atoms with Crippen molar-refractivity contribution in [3.8, 4) is 17.0 Å². The van der Waals surface area contributed by atoms with Crippen molar-refractivity contribution in [3.63, 3.8) is 0 Å². The van der Waals surface area contributed by atoms with Gasteiger partial charge in [0.1, 0.15) is 5.75 Å². The largest absolute Gasteiger partial charge is 0.496 e. The number of ether oxygens (including phenoxy) is 1. The molecular weight excluding hydrogens is 336 g/mol. The molecule has 0 saturated carbocycles. The predicted octanol–water partition coefficient (Wildman–Crippen LogP) is 4.33. The molecule has 0 amide bonds. The molecule has 5 heteroatoms. The van der Waals surface area contributed by atoms with Crippen molar-refractivity contribution in [2.75, 3.05) is 19.0 Å². The van der Waals surface area contributed by atoms with E-state index in [2.05, 4.69) is 45.8 Å². The molecule has 0 aliphatic carbocycles. The summed E-state index contributed by atoms with van der Waals surface area (Å²) < 4.78 is 7.16. The Balaban J connectivity index is 1.49. The number of nitrogens with one attached hydrogen (secondary N) is 1. The lowest BCUT2D eigenvalue weighted by atomic mass is 10.1. The molecule has 5 nitrogen and oxygen atoms in total. The molecule has 0 spiro atoms. The first-order valence-corrected chi connectivity index (χ1v) is 8.69. The SMILES string of the molecule is COc1ccccc1/C=C/CNc1cccc(-c2ccnc3[c]cnn23)c1. The highest BCUT2D eigenvalue weighted by Gasteiger charge is 2.05. The van der Waals surface area contributed by atoms with E-state index in [1.165, 1.54) is 0 Å². The third-order valence-corrected chi connectivity index (χ3v) is 4.24. The van der Waals surface area contributed by atoms with E-state index in [1.54, 1.807) is 24.0 Å². The fourth-order valence-corrected chi connectivity index (χ4v) is 2.95. The number of aromatic nitrogens is 3. The molecule has 27 heavy (non-hydrogen) atoms. The quantitative estimate of drug-likeness (QED) is 0.559. The molecule has 4 rings (SSSR count). The fourth-order valence-electron chi connectivity index (χ4n) is 2.95. The molecule has 0 aliphatic heterocycles. The van der Waals surface area contributed by atoms with Gasteiger partial charge in [-0.25, -0.2) is 9.50 Å². The van der Waals surface area contributed by atoms with Gasteiger partial charge in [-0.2, -0.15) is 5.10 Å². The smallest absolute Gasteiger partial charge is 0.163 e. The minimum absolute atomic E-state index is 0.711. The van der Waals surface area contributed by atoms with Crippen LogP contribution in [-0.2, 0) is 0 Å². The van der Waals surface area contributed by atoms with Gasteiger partial charge in [0.2, 0.25) is 0 Å². The third kappa shape index (κ3) is 3.67. The summed E-state index contributed by atoms with van der Waals surface area (Å²) in [5.41, 5.74) is 4.86. The lowest BCUT2D eigenvalue weighted by Crippen LogP contribution is -1.99. The Morgan fingerprint density at radius 3 is 3.00 bits per heavy atom. The number of methoxy groups -OCH3 is 1. The summed E-state index contributed by atoms with van der Waals surface area (Å²) >= 11 is 0. The highest BCUT2D eigenvalue weighted by molar-refractivity contribution is 5.67. The second kappa shape index (κ2) is 7.74. The Bertz CT molecular complexity index is 1080. The first-order chi connectivity index (χ1) is 13.3. The topological polar surface area (TPSA) is 51.5 Å². The molecule has 2 aromatic carbocycles. The van der Waals surface area contributed by atoms with Gasteiger partial charge in [0.25, 0.3) is 0 Å². The van der Waals surface area contributed by atoms with Gasteiger partial charge in [-0.05, 0) is 24.3 Å². The molecule has 133 valence electrons. The summed E-state index contributed by atoms with van der Waals surface area (Å²) in [6.45, 7) is 0.711. The van der Waals surface area contributed by atoms with E-state index >= 15 is 0 Å². The molecule has 0 unspecified atom stereocenters. The second-order valence-corrected chi connectivity index (χ2v) is 5.96. The van der Waals surface area contributed by atoms with Crippen molar-refractivity contribution < 1.29 is 4.74 Å². The number of hydrogen-bond donors (Lipinski definition) is 1. The monoisotopic (exact) mass is 355 g/mol. The van der Waals surface area contributed by atoms with E-state index in [0.717, 1.165) is 28.3 Å². The molecule has 1 N–H and O–H groups in total. The van der Waals surface area contributed by atoms with Gasteiger partial charge >= 0.3 is 0 Å². The van der Waals surface area contributed by atoms with Crippen LogP contribution < -0.4 is 10.1 Å². The zero-order chi connectivity index (χ0) is 18.5. The number of para-hydroxylation sites is 1. The Morgan fingerprint density at radius 2 is 2.07 bits per heavy atom. The van der Waals surface area contributed by atoms with Gasteiger partial charge in [0.05, 0.1) is 25.1 Å². The predicted molar refractivity (Wildman–Crippen MR) is 108 cm³/mol. The Labute approximate surface area is 158 Å². The van der Waals surface area contributed by atoms with E-state index in [1.807, 2.05) is 42.5 Å². The lowest BCUT2D eigenvalue weighted by Gasteiger charge is -2.08. The summed E-state index contributed by atoms with van der Waals surface area (Å²) in [4.78, 5) is 4.26. The van der Waals surface area contributed by atoms with Crippen molar-refractivity contribution in [2.24, 2.45) is 0 Å². The number of rotatable bonds is 6. The minimum atomic E-state index is 0.711. The van der Waals surface area contributed by atoms with E-state index in [-0.39, 0.29) is 0 Å². The van der Waals surface area contributed by atoms with E-state index < -0.39 is 0 Å². The molecular formula is C22H19N4O. The zero-order valence-electron chi connectivity index (χ0n) is 15.0. The average Bonchev–Trinajstić information content (AvgIpc) is 3.20. The minimum Gasteiger partial charge on any atom is -0.496 e. The van der Waals surface area contributed by atoms with E-state index in [4.69, 9.17) is 4.74 Å². The normalized spacial score (nSPS) is 11.1. The van der Waals surface area contributed by atoms with Crippen molar-refractivity contribution in [1.82, 2.24) is 14.6 Å². The van der Waals surface area contributed by atoms with Crippen molar-refractivity contribution in [2.45, 2.75) is 0 Å². The average molecular weight is 355 g/mol. The molecule has 4 aromatic rings. The molecule has 1 radical (unpaired) electrons. The summed E-state index contributed by atoms with van der Waals surface area (Å²) in [5.74, 6) is 0.869. The fraction of sp³-hybridized carbons (Fsp3) is 0.0909. The summed E-state index contributed by atoms with van der Waals surface area (Å²) in [6.07, 6.45) is 7.55. The number of fused-ring (bicyclic) bond motifs is 1. The van der Waals surface area contributed by atoms with Gasteiger partial charge in [0.15, 0.2) is 5.65 Å².